The lowest BCUT2D eigenvalue weighted by Gasteiger charge is -2.33. The number of hydrogen-bond acceptors (Lipinski definition) is 5. The van der Waals surface area contributed by atoms with Crippen molar-refractivity contribution >= 4 is 36.2 Å². The van der Waals surface area contributed by atoms with E-state index in [1.165, 1.54) is 24.3 Å². The molecule has 7 heteroatoms. The maximum atomic E-state index is 12.9. The number of benzene rings is 2. The second-order valence-corrected chi connectivity index (χ2v) is 9.76. The van der Waals surface area contributed by atoms with E-state index in [0.717, 1.165) is 16.2 Å². The maximum absolute atomic E-state index is 12.9. The monoisotopic (exact) mass is 358 g/mol. The van der Waals surface area contributed by atoms with Crippen LogP contribution in [0.4, 0.5) is 0 Å². The fourth-order valence-electron chi connectivity index (χ4n) is 3.92. The summed E-state index contributed by atoms with van der Waals surface area (Å²) in [6, 6.07) is 6.33. The Kier molecular flexibility index (Phi) is 2.38. The van der Waals surface area contributed by atoms with Gasteiger partial charge in [-0.1, -0.05) is 24.3 Å². The van der Waals surface area contributed by atoms with Gasteiger partial charge in [0.05, 0.1) is 21.6 Å². The number of allylic oxidation sites excluding steroid dienone is 2. The largest absolute Gasteiger partial charge is 0.298 e. The SMILES string of the molecule is O=C1C2C=CS(=O)(=O)c3ccc4ccc5c(c4c32)C1C=CS5(=O)=O. The van der Waals surface area contributed by atoms with Crippen molar-refractivity contribution in [2.24, 2.45) is 0 Å². The van der Waals surface area contributed by atoms with Crippen LogP contribution in [-0.4, -0.2) is 22.6 Å². The number of rotatable bonds is 0. The van der Waals surface area contributed by atoms with Crippen molar-refractivity contribution in [3.05, 3.63) is 58.4 Å². The maximum Gasteiger partial charge on any atom is 0.199 e. The van der Waals surface area contributed by atoms with Crippen LogP contribution >= 0.6 is 0 Å². The summed E-state index contributed by atoms with van der Waals surface area (Å²) in [5.74, 6) is -1.52. The molecule has 120 valence electrons. The molecule has 2 atom stereocenters. The molecular weight excluding hydrogens is 348 g/mol. The van der Waals surface area contributed by atoms with Crippen molar-refractivity contribution in [2.75, 3.05) is 0 Å². The molecular formula is C17H10O5S2. The summed E-state index contributed by atoms with van der Waals surface area (Å²) in [5.41, 5.74) is 0.831. The summed E-state index contributed by atoms with van der Waals surface area (Å²) >= 11 is 0. The molecule has 2 unspecified atom stereocenters. The van der Waals surface area contributed by atoms with Gasteiger partial charge in [-0.25, -0.2) is 16.8 Å². The minimum Gasteiger partial charge on any atom is -0.298 e. The molecule has 0 amide bonds. The van der Waals surface area contributed by atoms with Gasteiger partial charge in [0.2, 0.25) is 0 Å². The minimum atomic E-state index is -3.62. The molecule has 0 radical (unpaired) electrons. The van der Waals surface area contributed by atoms with Gasteiger partial charge in [-0.15, -0.1) is 0 Å². The molecule has 0 fully saturated rings. The normalized spacial score (nSPS) is 27.4. The molecule has 0 bridgehead atoms. The van der Waals surface area contributed by atoms with Crippen molar-refractivity contribution < 1.29 is 21.6 Å². The predicted molar refractivity (Wildman–Crippen MR) is 87.1 cm³/mol. The van der Waals surface area contributed by atoms with Crippen molar-refractivity contribution in [1.29, 1.82) is 0 Å². The summed E-state index contributed by atoms with van der Waals surface area (Å²) in [6.45, 7) is 0. The van der Waals surface area contributed by atoms with Gasteiger partial charge in [0.15, 0.2) is 25.5 Å². The third-order valence-corrected chi connectivity index (χ3v) is 7.90. The average molecular weight is 358 g/mol. The molecule has 0 saturated heterocycles. The molecule has 0 saturated carbocycles. The van der Waals surface area contributed by atoms with E-state index in [2.05, 4.69) is 0 Å². The van der Waals surface area contributed by atoms with Crippen LogP contribution in [0.25, 0.3) is 10.8 Å². The molecule has 2 aromatic carbocycles. The molecule has 2 heterocycles. The summed E-state index contributed by atoms with van der Waals surface area (Å²) < 4.78 is 49.4. The first kappa shape index (κ1) is 14.1. The Bertz CT molecular complexity index is 1150. The van der Waals surface area contributed by atoms with Gasteiger partial charge in [-0.05, 0) is 34.0 Å². The van der Waals surface area contributed by atoms with Crippen LogP contribution in [0.2, 0.25) is 0 Å². The lowest BCUT2D eigenvalue weighted by Crippen LogP contribution is -2.30. The van der Waals surface area contributed by atoms with Gasteiger partial charge in [0.1, 0.15) is 0 Å². The Balaban J connectivity index is 2.09. The van der Waals surface area contributed by atoms with Crippen molar-refractivity contribution in [3.8, 4) is 0 Å². The Morgan fingerprint density at radius 3 is 1.62 bits per heavy atom. The molecule has 5 rings (SSSR count). The van der Waals surface area contributed by atoms with E-state index in [9.17, 15) is 21.6 Å². The van der Waals surface area contributed by atoms with Crippen LogP contribution in [0.1, 0.15) is 23.0 Å². The molecule has 5 nitrogen and oxygen atoms in total. The van der Waals surface area contributed by atoms with Gasteiger partial charge in [-0.2, -0.15) is 0 Å². The highest BCUT2D eigenvalue weighted by Crippen LogP contribution is 2.50. The van der Waals surface area contributed by atoms with Gasteiger partial charge >= 0.3 is 0 Å². The molecule has 2 aromatic rings. The number of Topliss-reactive ketones (excluding diaryl/α,β-unsaturated/α-hetero) is 1. The molecule has 0 spiro atoms. The van der Waals surface area contributed by atoms with Crippen LogP contribution in [0, 0.1) is 0 Å². The average Bonchev–Trinajstić information content (AvgIpc) is 2.53. The lowest BCUT2D eigenvalue weighted by atomic mass is 9.74. The van der Waals surface area contributed by atoms with Crippen LogP contribution in [0.5, 0.6) is 0 Å². The smallest absolute Gasteiger partial charge is 0.199 e. The minimum absolute atomic E-state index is 0.0923. The summed E-state index contributed by atoms with van der Waals surface area (Å²) in [6.07, 6.45) is 2.82. The van der Waals surface area contributed by atoms with Gasteiger partial charge in [0.25, 0.3) is 0 Å². The highest BCUT2D eigenvalue weighted by atomic mass is 32.2. The topological polar surface area (TPSA) is 85.3 Å². The first-order chi connectivity index (χ1) is 11.3. The predicted octanol–water partition coefficient (Wildman–Crippen LogP) is 2.19. The van der Waals surface area contributed by atoms with Crippen molar-refractivity contribution in [1.82, 2.24) is 0 Å². The van der Waals surface area contributed by atoms with Crippen molar-refractivity contribution in [2.45, 2.75) is 21.6 Å². The van der Waals surface area contributed by atoms with Gasteiger partial charge in [-0.3, -0.25) is 4.79 Å². The van der Waals surface area contributed by atoms with Crippen LogP contribution < -0.4 is 0 Å². The Morgan fingerprint density at radius 2 is 1.17 bits per heavy atom. The van der Waals surface area contributed by atoms with Crippen LogP contribution in [0.15, 0.2) is 57.0 Å². The van der Waals surface area contributed by atoms with Gasteiger partial charge in [0, 0.05) is 10.8 Å². The molecule has 2 aliphatic heterocycles. The summed E-state index contributed by atoms with van der Waals surface area (Å²) in [7, 11) is -7.24. The highest BCUT2D eigenvalue weighted by Gasteiger charge is 2.43. The zero-order valence-electron chi connectivity index (χ0n) is 12.1. The fourth-order valence-corrected chi connectivity index (χ4v) is 6.53. The quantitative estimate of drug-likeness (QED) is 0.721. The number of carbonyl (C=O) groups is 1. The molecule has 3 aliphatic rings. The standard InChI is InChI=1S/C17H10O5S2/c18-17-10-5-7-23(19,20)12-3-1-9-2-4-13-16(14(9)15(10)12)11(17)6-8-24(13,21)22/h1-8,10-11H. The molecule has 24 heavy (non-hydrogen) atoms. The second-order valence-electron chi connectivity index (χ2n) is 6.16. The zero-order valence-corrected chi connectivity index (χ0v) is 13.8. The number of ketones is 1. The first-order valence-corrected chi connectivity index (χ1v) is 10.4. The highest BCUT2D eigenvalue weighted by molar-refractivity contribution is 7.94. The van der Waals surface area contributed by atoms with E-state index in [0.29, 0.717) is 16.5 Å². The number of sulfone groups is 2. The van der Waals surface area contributed by atoms with Gasteiger partial charge < -0.3 is 0 Å². The Hall–Kier alpha value is -2.25. The zero-order chi connectivity index (χ0) is 16.9. The number of carbonyl (C=O) groups excluding carboxylic acids is 1. The first-order valence-electron chi connectivity index (χ1n) is 7.31. The van der Waals surface area contributed by atoms with E-state index < -0.39 is 31.5 Å². The van der Waals surface area contributed by atoms with E-state index in [4.69, 9.17) is 0 Å². The van der Waals surface area contributed by atoms with Crippen LogP contribution in [-0.2, 0) is 24.5 Å². The van der Waals surface area contributed by atoms with E-state index >= 15 is 0 Å². The molecule has 1 aliphatic carbocycles. The van der Waals surface area contributed by atoms with E-state index in [1.807, 2.05) is 0 Å². The van der Waals surface area contributed by atoms with Crippen LogP contribution in [0.3, 0.4) is 0 Å². The van der Waals surface area contributed by atoms with E-state index in [-0.39, 0.29) is 15.6 Å². The Morgan fingerprint density at radius 1 is 0.708 bits per heavy atom. The fraction of sp³-hybridized carbons (Fsp3) is 0.118. The third kappa shape index (κ3) is 1.51. The lowest BCUT2D eigenvalue weighted by molar-refractivity contribution is -0.120. The number of hydrogen-bond donors (Lipinski definition) is 0. The summed E-state index contributed by atoms with van der Waals surface area (Å²) in [5, 5.41) is 3.47. The molecule has 0 N–H and O–H groups in total. The molecule has 0 aromatic heterocycles. The third-order valence-electron chi connectivity index (χ3n) is 4.94. The van der Waals surface area contributed by atoms with E-state index in [1.54, 1.807) is 12.1 Å². The summed E-state index contributed by atoms with van der Waals surface area (Å²) in [4.78, 5) is 13.1. The Labute approximate surface area is 138 Å². The van der Waals surface area contributed by atoms with Crippen molar-refractivity contribution in [3.63, 3.8) is 0 Å². The second kappa shape index (κ2) is 4.04.